The van der Waals surface area contributed by atoms with E-state index in [0.29, 0.717) is 47.3 Å². The quantitative estimate of drug-likeness (QED) is 0.0753. The topological polar surface area (TPSA) is 0 Å². The molecule has 0 aliphatic rings. The molecule has 4 heteroatoms. The first-order valence-electron chi connectivity index (χ1n) is 28.3. The van der Waals surface area contributed by atoms with E-state index in [4.69, 9.17) is 0 Å². The number of hydrogen-bond acceptors (Lipinski definition) is 0. The molecule has 0 aliphatic heterocycles. The van der Waals surface area contributed by atoms with Crippen LogP contribution in [0.3, 0.4) is 0 Å². The minimum absolute atomic E-state index is 0.337. The fourth-order valence-corrected chi connectivity index (χ4v) is 42.5. The molecule has 0 aliphatic carbocycles. The molecule has 0 saturated carbocycles. The molecule has 74 heavy (non-hydrogen) atoms. The Bertz CT molecular complexity index is 2670. The third kappa shape index (κ3) is 13.2. The standard InChI is InChI=1S/C70H92Ge2Si2/c1-45(2)53-29-23-30-54(46(3)4)65(53)61-37-27-38-62(66-55(47(5)6)31-24-32-56(66)48(7)8)69(61)71(41-43-73(17,18)19)72(42-44-74(20,21)22)70-63(67-57(49(9)10)33-25-34-58(67)50(11)12)39-28-40-64(70)68-59(51(13)14)35-26-36-60(68)52(15)16/h23-40,45-52H,1-22H3. The summed E-state index contributed by atoms with van der Waals surface area (Å²) >= 11 is -6.00. The van der Waals surface area contributed by atoms with Crippen LogP contribution in [0.2, 0.25) is 39.3 Å². The second-order valence-electron chi connectivity index (χ2n) is 25.7. The van der Waals surface area contributed by atoms with Gasteiger partial charge in [-0.2, -0.15) is 0 Å². The molecule has 0 radical (unpaired) electrons. The first-order chi connectivity index (χ1) is 34.7. The van der Waals surface area contributed by atoms with Crippen molar-refractivity contribution in [2.75, 3.05) is 0 Å². The Morgan fingerprint density at radius 2 is 0.432 bits per heavy atom. The van der Waals surface area contributed by atoms with Crippen LogP contribution in [0.4, 0.5) is 0 Å². The SMILES string of the molecule is CC(C)c1cccc(C(C)C)c1-c1cccc(-c2c(C(C)C)cccc2C(C)C)[c]1[Ge]([C]#C[Si](C)(C)C)=[Ge]([C]#C[Si](C)(C)C)[c]1c(-c2c(C(C)C)cccc2C(C)C)cccc1-c1c(C(C)C)cccc1C(C)C. The van der Waals surface area contributed by atoms with E-state index in [9.17, 15) is 0 Å². The zero-order valence-corrected chi connectivity index (χ0v) is 56.2. The molecule has 0 spiro atoms. The van der Waals surface area contributed by atoms with Crippen molar-refractivity contribution >= 4 is 48.6 Å². The average Bonchev–Trinajstić information content (AvgIpc) is 3.32. The molecule has 0 saturated heterocycles. The van der Waals surface area contributed by atoms with Crippen LogP contribution in [-0.2, 0) is 0 Å². The molecule has 0 atom stereocenters. The van der Waals surface area contributed by atoms with E-state index < -0.39 is 39.8 Å². The maximum atomic E-state index is 4.60. The van der Waals surface area contributed by atoms with E-state index in [-0.39, 0.29) is 0 Å². The summed E-state index contributed by atoms with van der Waals surface area (Å²) in [4.78, 5) is 0. The van der Waals surface area contributed by atoms with Crippen LogP contribution in [0, 0.1) is 20.6 Å². The molecule has 0 amide bonds. The molecule has 0 heterocycles. The Morgan fingerprint density at radius 3 is 0.581 bits per heavy atom. The maximum absolute atomic E-state index is 4.60. The summed E-state index contributed by atoms with van der Waals surface area (Å²) in [7, 11) is -3.90. The van der Waals surface area contributed by atoms with Gasteiger partial charge in [-0.15, -0.1) is 0 Å². The second-order valence-corrected chi connectivity index (χ2v) is 52.4. The zero-order valence-electron chi connectivity index (χ0n) is 50.0. The normalized spacial score (nSPS) is 12.6. The van der Waals surface area contributed by atoms with Gasteiger partial charge in [0, 0.05) is 0 Å². The molecule has 6 rings (SSSR count). The summed E-state index contributed by atoms with van der Waals surface area (Å²) in [5.74, 6) is 2.70. The molecule has 0 N–H and O–H groups in total. The Morgan fingerprint density at radius 1 is 0.270 bits per heavy atom. The fraction of sp³-hybridized carbons (Fsp3) is 0.429. The van der Waals surface area contributed by atoms with Crippen molar-refractivity contribution in [3.05, 3.63) is 154 Å². The van der Waals surface area contributed by atoms with E-state index in [1.54, 1.807) is 8.79 Å². The Kier molecular flexibility index (Phi) is 19.6. The number of benzene rings is 6. The van der Waals surface area contributed by atoms with Crippen LogP contribution < -0.4 is 8.79 Å². The van der Waals surface area contributed by atoms with Crippen LogP contribution in [-0.4, -0.2) is 39.8 Å². The molecule has 0 aromatic heterocycles. The minimum atomic E-state index is -3.00. The molecule has 6 aromatic carbocycles. The summed E-state index contributed by atoms with van der Waals surface area (Å²) in [5, 5.41) is 0. The predicted molar refractivity (Wildman–Crippen MR) is 340 cm³/mol. The molecule has 0 fully saturated rings. The van der Waals surface area contributed by atoms with Crippen molar-refractivity contribution in [2.24, 2.45) is 0 Å². The third-order valence-electron chi connectivity index (χ3n) is 14.6. The van der Waals surface area contributed by atoms with Crippen LogP contribution in [0.5, 0.6) is 0 Å². The Labute approximate surface area is 461 Å². The number of rotatable bonds is 14. The monoisotopic (exact) mass is 1140 g/mol. The van der Waals surface area contributed by atoms with Gasteiger partial charge in [-0.1, -0.05) is 0 Å². The van der Waals surface area contributed by atoms with Gasteiger partial charge in [0.2, 0.25) is 0 Å². The van der Waals surface area contributed by atoms with Crippen LogP contribution in [0.1, 0.15) is 203 Å². The fourth-order valence-electron chi connectivity index (χ4n) is 10.9. The van der Waals surface area contributed by atoms with Crippen molar-refractivity contribution in [2.45, 2.75) is 197 Å². The van der Waals surface area contributed by atoms with E-state index in [1.165, 1.54) is 89.0 Å². The third-order valence-corrected chi connectivity index (χ3v) is 38.0. The van der Waals surface area contributed by atoms with Crippen molar-refractivity contribution < 1.29 is 0 Å². The van der Waals surface area contributed by atoms with Crippen molar-refractivity contribution in [1.29, 1.82) is 0 Å². The molecule has 0 nitrogen and oxygen atoms in total. The predicted octanol–water partition coefficient (Wildman–Crippen LogP) is 19.4. The summed E-state index contributed by atoms with van der Waals surface area (Å²) in [6, 6.07) is 43.7. The summed E-state index contributed by atoms with van der Waals surface area (Å²) < 4.78 is 12.3. The van der Waals surface area contributed by atoms with Gasteiger partial charge in [0.1, 0.15) is 0 Å². The van der Waals surface area contributed by atoms with Gasteiger partial charge in [0.15, 0.2) is 0 Å². The van der Waals surface area contributed by atoms with Crippen molar-refractivity contribution in [1.82, 2.24) is 0 Å². The number of hydrogen-bond donors (Lipinski definition) is 0. The van der Waals surface area contributed by atoms with Gasteiger partial charge in [0.25, 0.3) is 0 Å². The van der Waals surface area contributed by atoms with Gasteiger partial charge in [0.05, 0.1) is 0 Å². The molecule has 6 aromatic rings. The second kappa shape index (κ2) is 24.5. The summed E-state index contributed by atoms with van der Waals surface area (Å²) in [6.45, 7) is 53.2. The zero-order chi connectivity index (χ0) is 54.7. The molecule has 0 bridgehead atoms. The van der Waals surface area contributed by atoms with Crippen LogP contribution in [0.15, 0.2) is 109 Å². The summed E-state index contributed by atoms with van der Waals surface area (Å²) in [5.41, 5.74) is 31.4. The molecular formula is C70H92Ge2Si2. The first kappa shape index (κ1) is 59.2. The molecular weight excluding hydrogens is 1040 g/mol. The molecule has 0 unspecified atom stereocenters. The van der Waals surface area contributed by atoms with E-state index in [2.05, 4.69) is 280 Å². The van der Waals surface area contributed by atoms with Crippen LogP contribution in [0.25, 0.3) is 44.5 Å². The van der Waals surface area contributed by atoms with Gasteiger partial charge in [-0.05, 0) is 0 Å². The van der Waals surface area contributed by atoms with Gasteiger partial charge < -0.3 is 0 Å². The van der Waals surface area contributed by atoms with Crippen molar-refractivity contribution in [3.8, 4) is 65.1 Å². The summed E-state index contributed by atoms with van der Waals surface area (Å²) in [6.07, 6.45) is 0. The average molecular weight is 1130 g/mol. The van der Waals surface area contributed by atoms with E-state index in [1.807, 2.05) is 0 Å². The molecule has 388 valence electrons. The first-order valence-corrected chi connectivity index (χ1v) is 46.0. The van der Waals surface area contributed by atoms with Gasteiger partial charge in [-0.3, -0.25) is 0 Å². The van der Waals surface area contributed by atoms with Crippen LogP contribution >= 0.6 is 0 Å². The van der Waals surface area contributed by atoms with Crippen molar-refractivity contribution in [3.63, 3.8) is 0 Å². The van der Waals surface area contributed by atoms with Gasteiger partial charge in [-0.25, -0.2) is 0 Å². The van der Waals surface area contributed by atoms with E-state index in [0.717, 1.165) is 0 Å². The van der Waals surface area contributed by atoms with Gasteiger partial charge >= 0.3 is 465 Å². The Hall–Kier alpha value is -4.04. The Balaban J connectivity index is 2.16. The van der Waals surface area contributed by atoms with E-state index >= 15 is 0 Å².